The van der Waals surface area contributed by atoms with E-state index in [1.54, 1.807) is 6.92 Å². The Morgan fingerprint density at radius 1 is 1.40 bits per heavy atom. The van der Waals surface area contributed by atoms with Crippen molar-refractivity contribution >= 4 is 17.3 Å². The molecule has 3 heteroatoms. The number of nitrogens with one attached hydrogen (secondary N) is 1. The second-order valence-corrected chi connectivity index (χ2v) is 5.66. The first-order valence-corrected chi connectivity index (χ1v) is 7.83. The maximum Gasteiger partial charge on any atom is 0.223 e. The van der Waals surface area contributed by atoms with E-state index >= 15 is 0 Å². The van der Waals surface area contributed by atoms with E-state index in [1.807, 2.05) is 4.90 Å². The van der Waals surface area contributed by atoms with Crippen LogP contribution in [0.1, 0.15) is 52.0 Å². The zero-order valence-corrected chi connectivity index (χ0v) is 12.9. The number of carbonyl (C=O) groups is 1. The van der Waals surface area contributed by atoms with Crippen LogP contribution in [0.15, 0.2) is 18.2 Å². The summed E-state index contributed by atoms with van der Waals surface area (Å²) in [6.45, 7) is 6.93. The summed E-state index contributed by atoms with van der Waals surface area (Å²) in [5, 5.41) is 3.63. The second-order valence-electron chi connectivity index (χ2n) is 5.66. The molecule has 0 aliphatic carbocycles. The summed E-state index contributed by atoms with van der Waals surface area (Å²) in [4.78, 5) is 13.4. The third-order valence-electron chi connectivity index (χ3n) is 4.12. The number of amides is 1. The zero-order valence-electron chi connectivity index (χ0n) is 12.9. The van der Waals surface area contributed by atoms with Crippen molar-refractivity contribution in [3.8, 4) is 0 Å². The quantitative estimate of drug-likeness (QED) is 0.851. The Labute approximate surface area is 122 Å². The van der Waals surface area contributed by atoms with Crippen LogP contribution in [-0.4, -0.2) is 18.5 Å². The molecule has 0 radical (unpaired) electrons. The van der Waals surface area contributed by atoms with Gasteiger partial charge in [0.2, 0.25) is 5.91 Å². The predicted molar refractivity (Wildman–Crippen MR) is 85.4 cm³/mol. The minimum absolute atomic E-state index is 0.138. The molecule has 1 heterocycles. The van der Waals surface area contributed by atoms with Gasteiger partial charge in [0.1, 0.15) is 0 Å². The summed E-state index contributed by atoms with van der Waals surface area (Å²) >= 11 is 0. The van der Waals surface area contributed by atoms with Crippen LogP contribution in [0.5, 0.6) is 0 Å². The molecule has 20 heavy (non-hydrogen) atoms. The van der Waals surface area contributed by atoms with E-state index in [9.17, 15) is 4.79 Å². The minimum atomic E-state index is 0.138. The zero-order chi connectivity index (χ0) is 14.5. The van der Waals surface area contributed by atoms with Crippen molar-refractivity contribution in [2.45, 2.75) is 58.9 Å². The predicted octanol–water partition coefficient (Wildman–Crippen LogP) is 3.98. The molecule has 1 aromatic rings. The van der Waals surface area contributed by atoms with Crippen LogP contribution in [0.2, 0.25) is 0 Å². The normalized spacial score (nSPS) is 15.1. The maximum atomic E-state index is 11.5. The lowest BCUT2D eigenvalue weighted by Gasteiger charge is -2.19. The van der Waals surface area contributed by atoms with Crippen molar-refractivity contribution in [1.29, 1.82) is 0 Å². The van der Waals surface area contributed by atoms with E-state index in [1.165, 1.54) is 30.5 Å². The minimum Gasteiger partial charge on any atom is -0.382 e. The lowest BCUT2D eigenvalue weighted by molar-refractivity contribution is -0.116. The van der Waals surface area contributed by atoms with Crippen LogP contribution in [-0.2, 0) is 11.2 Å². The molecule has 2 rings (SSSR count). The maximum absolute atomic E-state index is 11.5. The molecular formula is C17H26N2O. The smallest absolute Gasteiger partial charge is 0.223 e. The van der Waals surface area contributed by atoms with Gasteiger partial charge in [0.15, 0.2) is 0 Å². The van der Waals surface area contributed by atoms with Crippen molar-refractivity contribution in [3.05, 3.63) is 23.8 Å². The third-order valence-corrected chi connectivity index (χ3v) is 4.12. The van der Waals surface area contributed by atoms with E-state index in [2.05, 4.69) is 37.4 Å². The summed E-state index contributed by atoms with van der Waals surface area (Å²) in [6, 6.07) is 6.96. The fraction of sp³-hybridized carbons (Fsp3) is 0.588. The lowest BCUT2D eigenvalue weighted by Crippen LogP contribution is -2.25. The number of unbranched alkanes of at least 4 members (excludes halogenated alkanes) is 1. The Balaban J connectivity index is 2.06. The number of anilines is 2. The van der Waals surface area contributed by atoms with Gasteiger partial charge in [0.05, 0.1) is 0 Å². The molecule has 110 valence electrons. The highest BCUT2D eigenvalue weighted by atomic mass is 16.2. The van der Waals surface area contributed by atoms with Crippen LogP contribution in [0.4, 0.5) is 11.4 Å². The number of hydrogen-bond donors (Lipinski definition) is 1. The van der Waals surface area contributed by atoms with Crippen molar-refractivity contribution in [1.82, 2.24) is 0 Å². The number of hydrogen-bond acceptors (Lipinski definition) is 2. The van der Waals surface area contributed by atoms with Gasteiger partial charge < -0.3 is 10.2 Å². The van der Waals surface area contributed by atoms with Gasteiger partial charge in [-0.15, -0.1) is 0 Å². The van der Waals surface area contributed by atoms with Crippen molar-refractivity contribution in [2.24, 2.45) is 0 Å². The van der Waals surface area contributed by atoms with Crippen LogP contribution in [0, 0.1) is 0 Å². The number of fused-ring (bicyclic) bond motifs is 1. The van der Waals surface area contributed by atoms with Crippen molar-refractivity contribution in [2.75, 3.05) is 16.8 Å². The molecule has 0 bridgehead atoms. The molecule has 0 aromatic heterocycles. The molecule has 1 aromatic carbocycles. The third kappa shape index (κ3) is 3.33. The summed E-state index contributed by atoms with van der Waals surface area (Å²) in [5.74, 6) is 0.138. The Kier molecular flexibility index (Phi) is 5.05. The molecule has 1 N–H and O–H groups in total. The Bertz CT molecular complexity index is 470. The lowest BCUT2D eigenvalue weighted by atomic mass is 10.1. The summed E-state index contributed by atoms with van der Waals surface area (Å²) < 4.78 is 0. The molecule has 0 saturated carbocycles. The Morgan fingerprint density at radius 2 is 2.20 bits per heavy atom. The highest BCUT2D eigenvalue weighted by molar-refractivity contribution is 5.94. The first kappa shape index (κ1) is 14.9. The number of rotatable bonds is 6. The largest absolute Gasteiger partial charge is 0.382 e. The van der Waals surface area contributed by atoms with Gasteiger partial charge in [-0.1, -0.05) is 26.7 Å². The van der Waals surface area contributed by atoms with Gasteiger partial charge in [-0.25, -0.2) is 0 Å². The second kappa shape index (κ2) is 6.78. The van der Waals surface area contributed by atoms with Gasteiger partial charge in [0.25, 0.3) is 0 Å². The van der Waals surface area contributed by atoms with E-state index in [0.29, 0.717) is 6.04 Å². The van der Waals surface area contributed by atoms with Crippen molar-refractivity contribution < 1.29 is 4.79 Å². The Morgan fingerprint density at radius 3 is 2.85 bits per heavy atom. The summed E-state index contributed by atoms with van der Waals surface area (Å²) in [7, 11) is 0. The highest BCUT2D eigenvalue weighted by Crippen LogP contribution is 2.31. The molecular weight excluding hydrogens is 248 g/mol. The molecule has 1 amide bonds. The molecule has 0 saturated heterocycles. The van der Waals surface area contributed by atoms with Crippen LogP contribution < -0.4 is 10.2 Å². The number of benzene rings is 1. The number of carbonyl (C=O) groups excluding carboxylic acids is 1. The SMILES string of the molecule is CCCCC(CC)Nc1ccc2c(c1)CCN2C(C)=O. The number of nitrogens with zero attached hydrogens (tertiary/aromatic N) is 1. The molecule has 0 fully saturated rings. The molecule has 1 aliphatic rings. The standard InChI is InChI=1S/C17H26N2O/c1-4-6-7-15(5-2)18-16-8-9-17-14(12-16)10-11-19(17)13(3)20/h8-9,12,15,18H,4-7,10-11H2,1-3H3. The topological polar surface area (TPSA) is 32.3 Å². The Hall–Kier alpha value is -1.51. The molecule has 0 spiro atoms. The highest BCUT2D eigenvalue weighted by Gasteiger charge is 2.22. The van der Waals surface area contributed by atoms with Gasteiger partial charge in [-0.2, -0.15) is 0 Å². The molecule has 1 atom stereocenters. The average molecular weight is 274 g/mol. The summed E-state index contributed by atoms with van der Waals surface area (Å²) in [6.07, 6.45) is 5.86. The van der Waals surface area contributed by atoms with Gasteiger partial charge in [-0.3, -0.25) is 4.79 Å². The van der Waals surface area contributed by atoms with Crippen LogP contribution in [0.3, 0.4) is 0 Å². The van der Waals surface area contributed by atoms with E-state index in [0.717, 1.165) is 25.1 Å². The van der Waals surface area contributed by atoms with E-state index < -0.39 is 0 Å². The van der Waals surface area contributed by atoms with E-state index in [-0.39, 0.29) is 5.91 Å². The van der Waals surface area contributed by atoms with Gasteiger partial charge >= 0.3 is 0 Å². The molecule has 1 unspecified atom stereocenters. The van der Waals surface area contributed by atoms with Crippen LogP contribution >= 0.6 is 0 Å². The molecule has 3 nitrogen and oxygen atoms in total. The van der Waals surface area contributed by atoms with Crippen LogP contribution in [0.25, 0.3) is 0 Å². The van der Waals surface area contributed by atoms with Gasteiger partial charge in [0, 0.05) is 30.9 Å². The average Bonchev–Trinajstić information content (AvgIpc) is 2.86. The van der Waals surface area contributed by atoms with Crippen molar-refractivity contribution in [3.63, 3.8) is 0 Å². The van der Waals surface area contributed by atoms with E-state index in [4.69, 9.17) is 0 Å². The fourth-order valence-electron chi connectivity index (χ4n) is 2.88. The fourth-order valence-corrected chi connectivity index (χ4v) is 2.88. The van der Waals surface area contributed by atoms with Gasteiger partial charge in [-0.05, 0) is 43.0 Å². The first-order valence-electron chi connectivity index (χ1n) is 7.83. The summed E-state index contributed by atoms with van der Waals surface area (Å²) in [5.41, 5.74) is 3.57. The monoisotopic (exact) mass is 274 g/mol. The first-order chi connectivity index (χ1) is 9.65. The molecule has 1 aliphatic heterocycles.